The average Bonchev–Trinajstić information content (AvgIpc) is 2.15. The van der Waals surface area contributed by atoms with Gasteiger partial charge in [0.25, 0.3) is 5.91 Å². The number of aliphatic hydroxyl groups excluding tert-OH is 1. The molecule has 5 nitrogen and oxygen atoms in total. The smallest absolute Gasteiger partial charge is 0.259 e. The summed E-state index contributed by atoms with van der Waals surface area (Å²) in [6.45, 7) is 3.36. The summed E-state index contributed by atoms with van der Waals surface area (Å²) in [5, 5.41) is 30.7. The highest BCUT2D eigenvalue weighted by Gasteiger charge is 2.18. The Kier molecular flexibility index (Phi) is 4.34. The van der Waals surface area contributed by atoms with Gasteiger partial charge in [0.2, 0.25) is 0 Å². The molecular formula is C12H17NO4. The van der Waals surface area contributed by atoms with E-state index in [4.69, 9.17) is 5.11 Å². The topological polar surface area (TPSA) is 89.8 Å². The third kappa shape index (κ3) is 3.64. The molecule has 0 spiro atoms. The zero-order chi connectivity index (χ0) is 13.0. The predicted molar refractivity (Wildman–Crippen MR) is 63.0 cm³/mol. The lowest BCUT2D eigenvalue weighted by atomic mass is 10.1. The van der Waals surface area contributed by atoms with E-state index in [1.807, 2.05) is 0 Å². The van der Waals surface area contributed by atoms with Crippen molar-refractivity contribution < 1.29 is 20.1 Å². The number of carbonyl (C=O) groups is 1. The van der Waals surface area contributed by atoms with Crippen molar-refractivity contribution in [3.8, 4) is 11.5 Å². The number of hydrogen-bond acceptors (Lipinski definition) is 4. The molecule has 0 fully saturated rings. The highest BCUT2D eigenvalue weighted by Crippen LogP contribution is 2.26. The minimum atomic E-state index is -0.561. The maximum atomic E-state index is 11.8. The molecule has 0 bridgehead atoms. The van der Waals surface area contributed by atoms with Crippen LogP contribution in [0.25, 0.3) is 0 Å². The maximum Gasteiger partial charge on any atom is 0.259 e. The van der Waals surface area contributed by atoms with Crippen molar-refractivity contribution in [2.75, 3.05) is 0 Å². The minimum absolute atomic E-state index is 0.148. The van der Waals surface area contributed by atoms with Crippen LogP contribution in [0.2, 0.25) is 0 Å². The number of rotatable bonds is 4. The summed E-state index contributed by atoms with van der Waals surface area (Å²) in [7, 11) is 0. The van der Waals surface area contributed by atoms with Crippen molar-refractivity contribution in [2.24, 2.45) is 0 Å². The standard InChI is InChI=1S/C12H17NO4/c1-7(6-8(2)14)13-12(17)11-9(15)4-3-5-10(11)16/h3-5,7-8,14-16H,6H2,1-2H3,(H,13,17). The normalized spacial score (nSPS) is 14.1. The quantitative estimate of drug-likeness (QED) is 0.630. The number of phenols is 2. The van der Waals surface area contributed by atoms with Crippen LogP contribution in [0, 0.1) is 0 Å². The average molecular weight is 239 g/mol. The lowest BCUT2D eigenvalue weighted by Gasteiger charge is -2.16. The highest BCUT2D eigenvalue weighted by atomic mass is 16.3. The SMILES string of the molecule is CC(O)CC(C)NC(=O)c1c(O)cccc1O. The Labute approximate surface area is 99.7 Å². The second-order valence-electron chi connectivity index (χ2n) is 4.13. The van der Waals surface area contributed by atoms with Gasteiger partial charge in [0.15, 0.2) is 0 Å². The fourth-order valence-corrected chi connectivity index (χ4v) is 1.63. The first-order chi connectivity index (χ1) is 7.91. The molecule has 0 heterocycles. The number of nitrogens with one attached hydrogen (secondary N) is 1. The van der Waals surface area contributed by atoms with Crippen molar-refractivity contribution in [1.29, 1.82) is 0 Å². The van der Waals surface area contributed by atoms with Crippen LogP contribution in [0.1, 0.15) is 30.6 Å². The molecule has 1 aromatic rings. The van der Waals surface area contributed by atoms with E-state index in [0.717, 1.165) is 0 Å². The molecule has 0 radical (unpaired) electrons. The summed E-state index contributed by atoms with van der Waals surface area (Å²) in [4.78, 5) is 11.8. The van der Waals surface area contributed by atoms with Crippen molar-refractivity contribution in [2.45, 2.75) is 32.4 Å². The molecule has 0 aliphatic rings. The molecule has 17 heavy (non-hydrogen) atoms. The Morgan fingerprint density at radius 1 is 1.29 bits per heavy atom. The van der Waals surface area contributed by atoms with E-state index in [1.54, 1.807) is 13.8 Å². The number of aromatic hydroxyl groups is 2. The molecule has 5 heteroatoms. The van der Waals surface area contributed by atoms with Crippen molar-refractivity contribution in [3.05, 3.63) is 23.8 Å². The molecule has 94 valence electrons. The number of phenolic OH excluding ortho intramolecular Hbond substituents is 2. The zero-order valence-corrected chi connectivity index (χ0v) is 9.84. The number of hydrogen-bond donors (Lipinski definition) is 4. The lowest BCUT2D eigenvalue weighted by molar-refractivity contribution is 0.0917. The molecule has 1 rings (SSSR count). The predicted octanol–water partition coefficient (Wildman–Crippen LogP) is 0.987. The van der Waals surface area contributed by atoms with Gasteiger partial charge in [0.05, 0.1) is 6.10 Å². The third-order valence-corrected chi connectivity index (χ3v) is 2.32. The van der Waals surface area contributed by atoms with Gasteiger partial charge in [0.1, 0.15) is 17.1 Å². The summed E-state index contributed by atoms with van der Waals surface area (Å²) in [5.74, 6) is -1.10. The molecule has 2 unspecified atom stereocenters. The van der Waals surface area contributed by atoms with Crippen LogP contribution in [0.4, 0.5) is 0 Å². The van der Waals surface area contributed by atoms with E-state index in [0.29, 0.717) is 6.42 Å². The van der Waals surface area contributed by atoms with Crippen LogP contribution in [-0.2, 0) is 0 Å². The van der Waals surface area contributed by atoms with Crippen LogP contribution >= 0.6 is 0 Å². The van der Waals surface area contributed by atoms with Gasteiger partial charge in [-0.2, -0.15) is 0 Å². The van der Waals surface area contributed by atoms with Gasteiger partial charge < -0.3 is 20.6 Å². The van der Waals surface area contributed by atoms with E-state index in [1.165, 1.54) is 18.2 Å². The Hall–Kier alpha value is -1.75. The second-order valence-corrected chi connectivity index (χ2v) is 4.13. The summed E-state index contributed by atoms with van der Waals surface area (Å²) in [6, 6.07) is 3.85. The first kappa shape index (κ1) is 13.3. The molecule has 0 saturated heterocycles. The van der Waals surface area contributed by atoms with Gasteiger partial charge in [-0.15, -0.1) is 0 Å². The number of carbonyl (C=O) groups excluding carboxylic acids is 1. The van der Waals surface area contributed by atoms with Gasteiger partial charge in [-0.25, -0.2) is 0 Å². The molecular weight excluding hydrogens is 222 g/mol. The van der Waals surface area contributed by atoms with Crippen LogP contribution in [0.3, 0.4) is 0 Å². The van der Waals surface area contributed by atoms with Gasteiger partial charge in [-0.1, -0.05) is 6.07 Å². The molecule has 1 amide bonds. The van der Waals surface area contributed by atoms with Gasteiger partial charge in [0, 0.05) is 6.04 Å². The number of amides is 1. The van der Waals surface area contributed by atoms with E-state index in [9.17, 15) is 15.0 Å². The molecule has 0 aliphatic carbocycles. The minimum Gasteiger partial charge on any atom is -0.507 e. The maximum absolute atomic E-state index is 11.8. The lowest BCUT2D eigenvalue weighted by Crippen LogP contribution is -2.34. The van der Waals surface area contributed by atoms with Crippen molar-refractivity contribution in [3.63, 3.8) is 0 Å². The third-order valence-electron chi connectivity index (χ3n) is 2.32. The molecule has 1 aromatic carbocycles. The zero-order valence-electron chi connectivity index (χ0n) is 9.84. The summed E-state index contributed by atoms with van der Waals surface area (Å²) >= 11 is 0. The van der Waals surface area contributed by atoms with E-state index < -0.39 is 12.0 Å². The van der Waals surface area contributed by atoms with Crippen LogP contribution in [0.15, 0.2) is 18.2 Å². The molecule has 4 N–H and O–H groups in total. The Bertz CT molecular complexity index is 383. The van der Waals surface area contributed by atoms with E-state index >= 15 is 0 Å². The Morgan fingerprint density at radius 2 is 1.82 bits per heavy atom. The first-order valence-corrected chi connectivity index (χ1v) is 5.41. The molecule has 0 aliphatic heterocycles. The number of benzene rings is 1. The summed E-state index contributed by atoms with van der Waals surface area (Å²) < 4.78 is 0. The monoisotopic (exact) mass is 239 g/mol. The number of aliphatic hydroxyl groups is 1. The molecule has 2 atom stereocenters. The first-order valence-electron chi connectivity index (χ1n) is 5.41. The Morgan fingerprint density at radius 3 is 2.29 bits per heavy atom. The van der Waals surface area contributed by atoms with Crippen molar-refractivity contribution >= 4 is 5.91 Å². The van der Waals surface area contributed by atoms with Crippen LogP contribution in [-0.4, -0.2) is 33.4 Å². The molecule has 0 saturated carbocycles. The van der Waals surface area contributed by atoms with Crippen molar-refractivity contribution in [1.82, 2.24) is 5.32 Å². The Balaban J connectivity index is 2.77. The summed E-state index contributed by atoms with van der Waals surface area (Å²) in [6.07, 6.45) is -0.122. The van der Waals surface area contributed by atoms with Gasteiger partial charge in [-0.3, -0.25) is 4.79 Å². The highest BCUT2D eigenvalue weighted by molar-refractivity contribution is 5.99. The fraction of sp³-hybridized carbons (Fsp3) is 0.417. The molecule has 0 aromatic heterocycles. The van der Waals surface area contributed by atoms with Gasteiger partial charge in [-0.05, 0) is 32.4 Å². The summed E-state index contributed by atoms with van der Waals surface area (Å²) in [5.41, 5.74) is -0.148. The fourth-order valence-electron chi connectivity index (χ4n) is 1.63. The van der Waals surface area contributed by atoms with Crippen LogP contribution in [0.5, 0.6) is 11.5 Å². The largest absolute Gasteiger partial charge is 0.507 e. The van der Waals surface area contributed by atoms with E-state index in [2.05, 4.69) is 5.32 Å². The second kappa shape index (κ2) is 5.54. The van der Waals surface area contributed by atoms with Gasteiger partial charge >= 0.3 is 0 Å². The van der Waals surface area contributed by atoms with Crippen LogP contribution < -0.4 is 5.32 Å². The van der Waals surface area contributed by atoms with E-state index in [-0.39, 0.29) is 23.1 Å².